The Morgan fingerprint density at radius 3 is 0.616 bits per heavy atom. The number of hydrogen-bond acceptors (Lipinski definition) is 11. The monoisotopic (exact) mass is 1950 g/mol. The van der Waals surface area contributed by atoms with Gasteiger partial charge in [0.05, 0.1) is 19.3 Å². The highest BCUT2D eigenvalue weighted by molar-refractivity contribution is 5.78. The summed E-state index contributed by atoms with van der Waals surface area (Å²) in [6, 6.07) is 144. The second kappa shape index (κ2) is 48.1. The van der Waals surface area contributed by atoms with Crippen molar-refractivity contribution >= 4 is 11.8 Å². The van der Waals surface area contributed by atoms with Crippen molar-refractivity contribution in [3.05, 3.63) is 630 Å². The van der Waals surface area contributed by atoms with E-state index >= 15 is 0 Å². The number of methoxy groups -OCH3 is 1. The van der Waals surface area contributed by atoms with Crippen molar-refractivity contribution in [2.24, 2.45) is 0 Å². The summed E-state index contributed by atoms with van der Waals surface area (Å²) in [5.74, 6) is -10.5. The van der Waals surface area contributed by atoms with Crippen molar-refractivity contribution in [3.8, 4) is 11.5 Å². The second-order valence-corrected chi connectivity index (χ2v) is 37.3. The molecule has 0 spiro atoms. The third-order valence-electron chi connectivity index (χ3n) is 25.5. The molecule has 18 rings (SSSR count). The Morgan fingerprint density at radius 1 is 0.226 bits per heavy atom. The molecule has 740 valence electrons. The number of esters is 1. The predicted molar refractivity (Wildman–Crippen MR) is 564 cm³/mol. The maximum absolute atomic E-state index is 14.5. The largest absolute Gasteiger partial charge is 0.497 e. The van der Waals surface area contributed by atoms with Gasteiger partial charge in [0, 0.05) is 13.3 Å². The maximum Gasteiger partial charge on any atom is 0.308 e. The van der Waals surface area contributed by atoms with Crippen LogP contribution in [0.15, 0.2) is 473 Å². The molecule has 11 nitrogen and oxygen atoms in total. The summed E-state index contributed by atoms with van der Waals surface area (Å²) in [5, 5.41) is 78.7. The van der Waals surface area contributed by atoms with Gasteiger partial charge in [-0.2, -0.15) is 0 Å². The summed E-state index contributed by atoms with van der Waals surface area (Å²) in [4.78, 5) is 22.4. The lowest BCUT2D eigenvalue weighted by Crippen LogP contribution is -2.32. The molecule has 0 aromatic heterocycles. The van der Waals surface area contributed by atoms with E-state index in [-0.39, 0.29) is 40.2 Å². The number of benzene rings is 18. The quantitative estimate of drug-likeness (QED) is 0.00804. The highest BCUT2D eigenvalue weighted by Gasteiger charge is 2.45. The first-order chi connectivity index (χ1) is 70.0. The van der Waals surface area contributed by atoms with Crippen molar-refractivity contribution in [1.82, 2.24) is 0 Å². The summed E-state index contributed by atoms with van der Waals surface area (Å²) in [7, 11) is 1.39. The molecule has 18 aromatic rings. The number of Topliss-reactive ketones (excluding diaryl/α,β-unsaturated/α-hetero) is 1. The summed E-state index contributed by atoms with van der Waals surface area (Å²) in [5.41, 5.74) is 5.93. The van der Waals surface area contributed by atoms with Gasteiger partial charge in [0.15, 0.2) is 23.3 Å². The van der Waals surface area contributed by atoms with E-state index in [1.807, 2.05) is 297 Å². The van der Waals surface area contributed by atoms with Gasteiger partial charge in [0.1, 0.15) is 56.7 Å². The van der Waals surface area contributed by atoms with Gasteiger partial charge in [-0.3, -0.25) is 9.59 Å². The highest BCUT2D eigenvalue weighted by atomic mass is 19.2. The van der Waals surface area contributed by atoms with Crippen LogP contribution in [-0.4, -0.2) is 54.6 Å². The molecular weight excluding hydrogens is 1840 g/mol. The van der Waals surface area contributed by atoms with Crippen LogP contribution in [0.4, 0.5) is 26.3 Å². The van der Waals surface area contributed by atoms with Gasteiger partial charge < -0.3 is 45.2 Å². The Hall–Kier alpha value is -15.8. The number of aliphatic hydroxyl groups excluding tert-OH is 1. The molecule has 0 heterocycles. The number of halogens is 6. The predicted octanol–water partition coefficient (Wildman–Crippen LogP) is 26.8. The Bertz CT molecular complexity index is 6930. The van der Waals surface area contributed by atoms with E-state index in [1.54, 1.807) is 73.7 Å². The molecule has 0 fully saturated rings. The van der Waals surface area contributed by atoms with Crippen LogP contribution in [0.25, 0.3) is 0 Å². The first-order valence-electron chi connectivity index (χ1n) is 47.6. The lowest BCUT2D eigenvalue weighted by molar-refractivity contribution is -0.131. The minimum atomic E-state index is -2.63. The zero-order chi connectivity index (χ0) is 104. The smallest absolute Gasteiger partial charge is 0.308 e. The first kappa shape index (κ1) is 107. The standard InChI is InChI=1S/C27H32O.C22H20O4.C22H20O2.C20H13F5O2.C19H15FO.C19H16O/c1-25(2,3)20-12-16-23(17-13-20)27(28,22-10-8-7-9-11-22)24-18-14-21(15-19-24)26(4,5)6;1-16(24)26-21-13-11-20(12-14-21)22(25,18-5-3-2-4-6-18)19-9-7-17(15-23)8-10-19;1-17(23)16-18-12-14-21(15-13-18)22(24,19-8-4-2-5-9-19)20-10-6-3-7-11-20;1-27-13-9-7-12(8-10-13)20(26,11-5-3-2-4-6-11)14-15(21)17(23)19(25)18(24)16(14)22;20-18-13-11-17(12-14-18)19(21,15-7-3-1-4-8-15)16-9-5-2-6-10-16;20-19(16-10-4-1-5-11-16,17-12-6-2-7-13-17)18-14-8-3-9-15-18/h7-19,28H,1-6H3;2-14,23,25H,15H2,1H3;2-15,24H,16H2,1H3;2-10,26H,1H3;1-14,21H;1-15,20H. The number of ether oxygens (including phenoxy) is 2. The molecule has 146 heavy (non-hydrogen) atoms. The normalized spacial score (nSPS) is 12.3. The van der Waals surface area contributed by atoms with Crippen LogP contribution in [0.2, 0.25) is 0 Å². The molecule has 0 aliphatic carbocycles. The first-order valence-corrected chi connectivity index (χ1v) is 47.6. The van der Waals surface area contributed by atoms with Crippen LogP contribution in [0, 0.1) is 34.9 Å². The molecule has 0 aliphatic rings. The SMILES string of the molecule is CC(=O)Cc1ccc(C(O)(c2ccccc2)c2ccccc2)cc1.CC(=O)Oc1ccc(C(O)(c2ccccc2)c2ccc(CO)cc2)cc1.CC(C)(C)c1ccc(C(O)(c2ccccc2)c2ccc(C(C)(C)C)cc2)cc1.COc1ccc(C(O)(c2ccccc2)c2c(F)c(F)c(F)c(F)c2F)cc1.OC(c1ccccc1)(c1ccccc1)c1ccc(F)cc1.OC(c1ccccc1)(c1ccccc1)c1ccccc1. The van der Waals surface area contributed by atoms with Crippen LogP contribution in [-0.2, 0) is 67.1 Å². The van der Waals surface area contributed by atoms with Crippen LogP contribution in [0.3, 0.4) is 0 Å². The van der Waals surface area contributed by atoms with Gasteiger partial charge >= 0.3 is 5.97 Å². The Labute approximate surface area is 849 Å². The number of hydrogen-bond donors (Lipinski definition) is 7. The van der Waals surface area contributed by atoms with E-state index in [4.69, 9.17) is 9.47 Å². The van der Waals surface area contributed by atoms with Gasteiger partial charge in [0.2, 0.25) is 5.82 Å². The molecule has 0 saturated heterocycles. The fraction of sp³-hybridized carbons (Fsp3) is 0.147. The van der Waals surface area contributed by atoms with Crippen LogP contribution in [0.1, 0.15) is 178 Å². The molecule has 18 aromatic carbocycles. The van der Waals surface area contributed by atoms with Gasteiger partial charge in [0.25, 0.3) is 0 Å². The van der Waals surface area contributed by atoms with Crippen molar-refractivity contribution in [1.29, 1.82) is 0 Å². The third kappa shape index (κ3) is 24.6. The van der Waals surface area contributed by atoms with E-state index in [1.165, 1.54) is 85.8 Å². The zero-order valence-electron chi connectivity index (χ0n) is 82.5. The van der Waals surface area contributed by atoms with Gasteiger partial charge in [-0.05, 0) is 171 Å². The average Bonchev–Trinajstić information content (AvgIpc) is 0.717. The van der Waals surface area contributed by atoms with Gasteiger partial charge in [-0.25, -0.2) is 26.3 Å². The molecule has 0 amide bonds. The molecule has 2 unspecified atom stereocenters. The molecule has 0 aliphatic heterocycles. The maximum atomic E-state index is 14.5. The van der Waals surface area contributed by atoms with Crippen molar-refractivity contribution in [2.45, 2.75) is 113 Å². The van der Waals surface area contributed by atoms with E-state index in [9.17, 15) is 71.7 Å². The molecule has 17 heteroatoms. The van der Waals surface area contributed by atoms with E-state index in [0.29, 0.717) is 34.6 Å². The lowest BCUT2D eigenvalue weighted by Gasteiger charge is -2.31. The highest BCUT2D eigenvalue weighted by Crippen LogP contribution is 2.46. The van der Waals surface area contributed by atoms with Crippen LogP contribution < -0.4 is 9.47 Å². The number of ketones is 1. The Kier molecular flexibility index (Phi) is 35.4. The third-order valence-corrected chi connectivity index (χ3v) is 25.5. The zero-order valence-corrected chi connectivity index (χ0v) is 82.5. The summed E-state index contributed by atoms with van der Waals surface area (Å²) in [6.07, 6.45) is 0.412. The topological polar surface area (TPSA) is 194 Å². The second-order valence-electron chi connectivity index (χ2n) is 37.3. The number of carbonyl (C=O) groups is 2. The van der Waals surface area contributed by atoms with Crippen molar-refractivity contribution in [3.63, 3.8) is 0 Å². The van der Waals surface area contributed by atoms with E-state index in [2.05, 4.69) is 90.1 Å². The molecule has 2 atom stereocenters. The minimum absolute atomic E-state index is 0.0544. The summed E-state index contributed by atoms with van der Waals surface area (Å²) >= 11 is 0. The molecule has 0 bridgehead atoms. The van der Waals surface area contributed by atoms with Gasteiger partial charge in [-0.1, -0.05) is 478 Å². The average molecular weight is 1960 g/mol. The number of aliphatic hydroxyl groups is 7. The van der Waals surface area contributed by atoms with E-state index in [0.717, 1.165) is 77.9 Å². The lowest BCUT2D eigenvalue weighted by atomic mass is 9.77. The van der Waals surface area contributed by atoms with Crippen molar-refractivity contribution < 1.29 is 81.2 Å². The Balaban J connectivity index is 0.000000147. The van der Waals surface area contributed by atoms with Crippen LogP contribution in [0.5, 0.6) is 11.5 Å². The molecule has 0 saturated carbocycles. The minimum Gasteiger partial charge on any atom is -0.497 e. The Morgan fingerprint density at radius 2 is 0.404 bits per heavy atom. The number of rotatable bonds is 23. The van der Waals surface area contributed by atoms with Crippen LogP contribution >= 0.6 is 0 Å². The van der Waals surface area contributed by atoms with Gasteiger partial charge in [-0.15, -0.1) is 0 Å². The summed E-state index contributed by atoms with van der Waals surface area (Å²) in [6.45, 7) is 16.1. The molecule has 0 radical (unpaired) electrons. The fourth-order valence-corrected chi connectivity index (χ4v) is 17.6. The fourth-order valence-electron chi connectivity index (χ4n) is 17.6. The molecular formula is C129H116F6O11. The molecule has 7 N–H and O–H groups in total. The van der Waals surface area contributed by atoms with Crippen molar-refractivity contribution in [2.75, 3.05) is 7.11 Å². The van der Waals surface area contributed by atoms with E-state index < -0.39 is 74.2 Å². The number of carbonyl (C=O) groups excluding carboxylic acids is 2. The summed E-state index contributed by atoms with van der Waals surface area (Å²) < 4.78 is 93.3.